The van der Waals surface area contributed by atoms with Crippen molar-refractivity contribution in [3.8, 4) is 5.75 Å². The average Bonchev–Trinajstić information content (AvgIpc) is 3.06. The number of phenols is 1. The number of carboxylic acid groups (broad SMARTS) is 1. The van der Waals surface area contributed by atoms with E-state index in [-0.39, 0.29) is 52.4 Å². The van der Waals surface area contributed by atoms with Crippen LogP contribution in [0.4, 0.5) is 22.0 Å². The van der Waals surface area contributed by atoms with E-state index >= 15 is 0 Å². The van der Waals surface area contributed by atoms with Crippen molar-refractivity contribution in [1.29, 1.82) is 5.41 Å². The lowest BCUT2D eigenvalue weighted by atomic mass is 9.78. The van der Waals surface area contributed by atoms with E-state index in [4.69, 9.17) is 15.3 Å². The SMILES string of the molecule is CC(C)(C)c1cc(C(=O)CN2Cc3c(F)ccc(F)c3C2=N)cc(C(C)(C)C)c1O.O=C(O)C(F)(F)F. The van der Waals surface area contributed by atoms with E-state index in [0.29, 0.717) is 16.7 Å². The lowest BCUT2D eigenvalue weighted by Crippen LogP contribution is -2.31. The molecule has 1 aliphatic rings. The molecule has 6 nitrogen and oxygen atoms in total. The first-order chi connectivity index (χ1) is 16.7. The topological polar surface area (TPSA) is 102 Å². The number of benzene rings is 2. The molecule has 37 heavy (non-hydrogen) atoms. The molecule has 2 aromatic carbocycles. The highest BCUT2D eigenvalue weighted by molar-refractivity contribution is 6.05. The summed E-state index contributed by atoms with van der Waals surface area (Å²) in [4.78, 5) is 23.4. The standard InChI is InChI=1S/C24H28F2N2O2.C2HF3O2/c1-23(2,3)15-9-13(10-16(21(15)30)24(4,5)6)19(29)12-28-11-14-17(25)7-8-18(26)20(14)22(28)27;3-2(4,5)1(6)7/h7-10,27,30H,11-12H2,1-6H3;(H,6,7). The number of Topliss-reactive ketones (excluding diaryl/α,β-unsaturated/α-hetero) is 1. The Morgan fingerprint density at radius 1 is 0.946 bits per heavy atom. The van der Waals surface area contributed by atoms with Gasteiger partial charge in [-0.1, -0.05) is 41.5 Å². The summed E-state index contributed by atoms with van der Waals surface area (Å²) in [6.45, 7) is 11.6. The number of aliphatic carboxylic acids is 1. The largest absolute Gasteiger partial charge is 0.507 e. The summed E-state index contributed by atoms with van der Waals surface area (Å²) in [6.07, 6.45) is -5.08. The van der Waals surface area contributed by atoms with Gasteiger partial charge in [0, 0.05) is 28.8 Å². The molecule has 0 spiro atoms. The lowest BCUT2D eigenvalue weighted by Gasteiger charge is -2.28. The van der Waals surface area contributed by atoms with Crippen LogP contribution in [0, 0.1) is 17.0 Å². The summed E-state index contributed by atoms with van der Waals surface area (Å²) in [7, 11) is 0. The van der Waals surface area contributed by atoms with Gasteiger partial charge >= 0.3 is 12.1 Å². The van der Waals surface area contributed by atoms with E-state index < -0.39 is 23.8 Å². The third-order valence-electron chi connectivity index (χ3n) is 5.73. The van der Waals surface area contributed by atoms with Crippen LogP contribution in [0.3, 0.4) is 0 Å². The second kappa shape index (κ2) is 10.1. The molecule has 0 aromatic heterocycles. The second-order valence-corrected chi connectivity index (χ2v) is 10.7. The Bertz CT molecular complexity index is 1210. The van der Waals surface area contributed by atoms with E-state index in [1.165, 1.54) is 4.90 Å². The Hall–Kier alpha value is -3.50. The van der Waals surface area contributed by atoms with Crippen LogP contribution in [0.1, 0.15) is 74.2 Å². The summed E-state index contributed by atoms with van der Waals surface area (Å²) in [6, 6.07) is 5.40. The Labute approximate surface area is 211 Å². The normalized spacial score (nSPS) is 13.7. The number of ketones is 1. The summed E-state index contributed by atoms with van der Waals surface area (Å²) in [5.41, 5.74) is 0.980. The van der Waals surface area contributed by atoms with Gasteiger partial charge in [0.1, 0.15) is 23.2 Å². The minimum atomic E-state index is -5.08. The summed E-state index contributed by atoms with van der Waals surface area (Å²) in [5, 5.41) is 26.2. The van der Waals surface area contributed by atoms with Crippen LogP contribution in [0.15, 0.2) is 24.3 Å². The van der Waals surface area contributed by atoms with E-state index in [1.54, 1.807) is 12.1 Å². The Morgan fingerprint density at radius 2 is 1.38 bits per heavy atom. The first-order valence-corrected chi connectivity index (χ1v) is 11.2. The molecule has 3 N–H and O–H groups in total. The van der Waals surface area contributed by atoms with E-state index in [9.17, 15) is 31.9 Å². The molecular formula is C26H29F5N2O4. The minimum Gasteiger partial charge on any atom is -0.507 e. The number of carboxylic acids is 1. The number of phenolic OH excluding ortho intramolecular Hbond substituents is 1. The van der Waals surface area contributed by atoms with Gasteiger partial charge in [0.05, 0.1) is 12.1 Å². The fourth-order valence-corrected chi connectivity index (χ4v) is 3.77. The molecule has 0 radical (unpaired) electrons. The fraction of sp³-hybridized carbons (Fsp3) is 0.423. The van der Waals surface area contributed by atoms with Gasteiger partial charge in [-0.25, -0.2) is 13.6 Å². The number of fused-ring (bicyclic) bond motifs is 1. The molecule has 0 amide bonds. The molecular weight excluding hydrogens is 499 g/mol. The van der Waals surface area contributed by atoms with Crippen molar-refractivity contribution < 1.29 is 41.8 Å². The van der Waals surface area contributed by atoms with Crippen molar-refractivity contribution in [1.82, 2.24) is 4.90 Å². The highest BCUT2D eigenvalue weighted by Gasteiger charge is 2.38. The number of nitrogens with one attached hydrogen (secondary N) is 1. The lowest BCUT2D eigenvalue weighted by molar-refractivity contribution is -0.192. The first-order valence-electron chi connectivity index (χ1n) is 11.2. The fourth-order valence-electron chi connectivity index (χ4n) is 3.77. The number of hydrogen-bond donors (Lipinski definition) is 3. The van der Waals surface area contributed by atoms with Crippen LogP contribution in [-0.4, -0.2) is 45.4 Å². The van der Waals surface area contributed by atoms with Crippen molar-refractivity contribution in [2.75, 3.05) is 6.54 Å². The zero-order valence-corrected chi connectivity index (χ0v) is 21.3. The zero-order valence-electron chi connectivity index (χ0n) is 21.3. The number of aromatic hydroxyl groups is 1. The van der Waals surface area contributed by atoms with Gasteiger partial charge in [-0.2, -0.15) is 13.2 Å². The first kappa shape index (κ1) is 29.7. The highest BCUT2D eigenvalue weighted by Crippen LogP contribution is 2.40. The maximum absolute atomic E-state index is 14.1. The monoisotopic (exact) mass is 528 g/mol. The number of halogens is 5. The van der Waals surface area contributed by atoms with Crippen molar-refractivity contribution >= 4 is 17.6 Å². The van der Waals surface area contributed by atoms with Crippen molar-refractivity contribution in [3.05, 3.63) is 63.7 Å². The molecule has 0 atom stereocenters. The molecule has 3 rings (SSSR count). The summed E-state index contributed by atoms with van der Waals surface area (Å²) >= 11 is 0. The van der Waals surface area contributed by atoms with Crippen LogP contribution < -0.4 is 0 Å². The molecule has 2 aromatic rings. The molecule has 0 unspecified atom stereocenters. The average molecular weight is 529 g/mol. The molecule has 202 valence electrons. The third-order valence-corrected chi connectivity index (χ3v) is 5.73. The zero-order chi connectivity index (χ0) is 28.7. The van der Waals surface area contributed by atoms with Gasteiger partial charge in [0.15, 0.2) is 5.78 Å². The van der Waals surface area contributed by atoms with E-state index in [2.05, 4.69) is 0 Å². The van der Waals surface area contributed by atoms with Crippen LogP contribution in [-0.2, 0) is 22.2 Å². The van der Waals surface area contributed by atoms with Gasteiger partial charge in [-0.15, -0.1) is 0 Å². The van der Waals surface area contributed by atoms with Gasteiger partial charge in [0.2, 0.25) is 0 Å². The van der Waals surface area contributed by atoms with Gasteiger partial charge in [-0.05, 0) is 35.1 Å². The quantitative estimate of drug-likeness (QED) is 0.339. The predicted octanol–water partition coefficient (Wildman–Crippen LogP) is 5.92. The molecule has 1 heterocycles. The molecule has 0 saturated carbocycles. The van der Waals surface area contributed by atoms with E-state index in [0.717, 1.165) is 12.1 Å². The van der Waals surface area contributed by atoms with Crippen LogP contribution in [0.25, 0.3) is 0 Å². The maximum atomic E-state index is 14.1. The summed E-state index contributed by atoms with van der Waals surface area (Å²) in [5.74, 6) is -4.29. The highest BCUT2D eigenvalue weighted by atomic mass is 19.4. The van der Waals surface area contributed by atoms with Crippen molar-refractivity contribution in [2.24, 2.45) is 0 Å². The number of amidine groups is 1. The van der Waals surface area contributed by atoms with E-state index in [1.807, 2.05) is 41.5 Å². The number of alkyl halides is 3. The molecule has 0 bridgehead atoms. The smallest absolute Gasteiger partial charge is 0.490 e. The third kappa shape index (κ3) is 6.64. The summed E-state index contributed by atoms with van der Waals surface area (Å²) < 4.78 is 59.9. The Morgan fingerprint density at radius 3 is 1.76 bits per heavy atom. The number of nitrogens with zero attached hydrogens (tertiary/aromatic N) is 1. The second-order valence-electron chi connectivity index (χ2n) is 10.7. The van der Waals surface area contributed by atoms with Crippen molar-refractivity contribution in [2.45, 2.75) is 65.1 Å². The number of carbonyl (C=O) groups is 2. The molecule has 0 saturated heterocycles. The number of rotatable bonds is 3. The number of carbonyl (C=O) groups excluding carboxylic acids is 1. The Balaban J connectivity index is 0.000000604. The van der Waals surface area contributed by atoms with Crippen molar-refractivity contribution in [3.63, 3.8) is 0 Å². The molecule has 0 aliphatic carbocycles. The Kier molecular flexibility index (Phi) is 8.12. The van der Waals surface area contributed by atoms with Gasteiger partial charge in [0.25, 0.3) is 0 Å². The van der Waals surface area contributed by atoms with Crippen LogP contribution in [0.5, 0.6) is 5.75 Å². The predicted molar refractivity (Wildman–Crippen MR) is 127 cm³/mol. The molecule has 1 aliphatic heterocycles. The minimum absolute atomic E-state index is 0.0279. The van der Waals surface area contributed by atoms with Gasteiger partial charge in [-0.3, -0.25) is 10.2 Å². The maximum Gasteiger partial charge on any atom is 0.490 e. The molecule has 0 fully saturated rings. The molecule has 11 heteroatoms. The number of hydrogen-bond acceptors (Lipinski definition) is 4. The van der Waals surface area contributed by atoms with Crippen LogP contribution >= 0.6 is 0 Å². The van der Waals surface area contributed by atoms with Gasteiger partial charge < -0.3 is 15.1 Å². The van der Waals surface area contributed by atoms with Crippen LogP contribution in [0.2, 0.25) is 0 Å².